The Bertz CT molecular complexity index is 570. The first-order valence-electron chi connectivity index (χ1n) is 8.86. The smallest absolute Gasteiger partial charge is 0.326 e. The van der Waals surface area contributed by atoms with Gasteiger partial charge in [0.25, 0.3) is 0 Å². The summed E-state index contributed by atoms with van der Waals surface area (Å²) in [5, 5.41) is 24.6. The van der Waals surface area contributed by atoms with Crippen LogP contribution >= 0.6 is 0 Å². The Morgan fingerprint density at radius 1 is 0.964 bits per heavy atom. The molecule has 12 nitrogen and oxygen atoms in total. The van der Waals surface area contributed by atoms with Crippen molar-refractivity contribution < 1.29 is 34.2 Å². The minimum atomic E-state index is -1.19. The van der Waals surface area contributed by atoms with E-state index in [0.717, 1.165) is 0 Å². The Labute approximate surface area is 162 Å². The number of hydrogen-bond acceptors (Lipinski definition) is 7. The Kier molecular flexibility index (Phi) is 12.1. The second-order valence-corrected chi connectivity index (χ2v) is 6.23. The lowest BCUT2D eigenvalue weighted by Crippen LogP contribution is -2.52. The van der Waals surface area contributed by atoms with E-state index < -0.39 is 54.3 Å². The molecule has 3 amide bonds. The van der Waals surface area contributed by atoms with E-state index in [1.54, 1.807) is 0 Å². The fourth-order valence-electron chi connectivity index (χ4n) is 2.11. The molecule has 0 aliphatic heterocycles. The van der Waals surface area contributed by atoms with Crippen LogP contribution in [0.25, 0.3) is 0 Å². The fourth-order valence-corrected chi connectivity index (χ4v) is 2.11. The Morgan fingerprint density at radius 2 is 1.61 bits per heavy atom. The number of nitrogens with one attached hydrogen (secondary N) is 3. The number of rotatable bonds is 14. The van der Waals surface area contributed by atoms with Crippen LogP contribution in [0.3, 0.4) is 0 Å². The molecule has 0 saturated carbocycles. The average Bonchev–Trinajstić information content (AvgIpc) is 2.62. The summed E-state index contributed by atoms with van der Waals surface area (Å²) in [6, 6.07) is -3.19. The van der Waals surface area contributed by atoms with E-state index in [-0.39, 0.29) is 19.3 Å². The van der Waals surface area contributed by atoms with Crippen molar-refractivity contribution in [1.29, 1.82) is 0 Å². The van der Waals surface area contributed by atoms with Gasteiger partial charge in [0.15, 0.2) is 0 Å². The van der Waals surface area contributed by atoms with Crippen LogP contribution in [0.15, 0.2) is 0 Å². The normalized spacial score (nSPS) is 13.7. The van der Waals surface area contributed by atoms with Crippen LogP contribution in [0.5, 0.6) is 0 Å². The fraction of sp³-hybridized carbons (Fsp3) is 0.688. The standard InChI is InChI=1S/C16H29N5O7/c1-9(14(25)21-11(16(27)28)4-2-3-7-17)20-12(22)8-19-15(26)10(18)5-6-13(23)24/h9-11H,2-8,17-18H2,1H3,(H,19,26)(H,20,22)(H,21,25)(H,23,24)(H,27,28)/t9-,10-,11-/m0/s1. The molecule has 0 radical (unpaired) electrons. The van der Waals surface area contributed by atoms with Crippen LogP contribution in [0.1, 0.15) is 39.0 Å². The third-order valence-electron chi connectivity index (χ3n) is 3.76. The lowest BCUT2D eigenvalue weighted by Gasteiger charge is -2.19. The first kappa shape index (κ1) is 25.3. The van der Waals surface area contributed by atoms with Gasteiger partial charge in [0, 0.05) is 6.42 Å². The second-order valence-electron chi connectivity index (χ2n) is 6.23. The molecule has 0 fully saturated rings. The molecule has 0 bridgehead atoms. The van der Waals surface area contributed by atoms with E-state index in [2.05, 4.69) is 16.0 Å². The highest BCUT2D eigenvalue weighted by molar-refractivity contribution is 5.92. The van der Waals surface area contributed by atoms with Gasteiger partial charge in [-0.15, -0.1) is 0 Å². The third kappa shape index (κ3) is 11.1. The number of carboxylic acids is 2. The Morgan fingerprint density at radius 3 is 2.14 bits per heavy atom. The molecule has 0 aliphatic carbocycles. The van der Waals surface area contributed by atoms with Crippen LogP contribution in [0.2, 0.25) is 0 Å². The van der Waals surface area contributed by atoms with Crippen molar-refractivity contribution in [1.82, 2.24) is 16.0 Å². The number of nitrogens with two attached hydrogens (primary N) is 2. The molecule has 0 aliphatic rings. The highest BCUT2D eigenvalue weighted by Gasteiger charge is 2.24. The summed E-state index contributed by atoms with van der Waals surface area (Å²) in [6.45, 7) is 1.32. The molecule has 9 N–H and O–H groups in total. The largest absolute Gasteiger partial charge is 0.481 e. The van der Waals surface area contributed by atoms with Gasteiger partial charge in [-0.2, -0.15) is 0 Å². The molecule has 0 spiro atoms. The van der Waals surface area contributed by atoms with Crippen molar-refractivity contribution in [3.05, 3.63) is 0 Å². The predicted molar refractivity (Wildman–Crippen MR) is 97.9 cm³/mol. The number of hydrogen-bond donors (Lipinski definition) is 7. The summed E-state index contributed by atoms with van der Waals surface area (Å²) < 4.78 is 0. The molecule has 3 atom stereocenters. The lowest BCUT2D eigenvalue weighted by atomic mass is 10.1. The molecule has 0 aromatic rings. The summed E-state index contributed by atoms with van der Waals surface area (Å²) in [4.78, 5) is 57.1. The molecule has 0 saturated heterocycles. The number of carbonyl (C=O) groups is 5. The molecule has 12 heteroatoms. The molecular formula is C16H29N5O7. The van der Waals surface area contributed by atoms with Gasteiger partial charge in [-0.25, -0.2) is 4.79 Å². The quantitative estimate of drug-likeness (QED) is 0.152. The van der Waals surface area contributed by atoms with E-state index in [9.17, 15) is 24.0 Å². The summed E-state index contributed by atoms with van der Waals surface area (Å²) in [5.74, 6) is -4.34. The van der Waals surface area contributed by atoms with Crippen molar-refractivity contribution in [3.8, 4) is 0 Å². The second kappa shape index (κ2) is 13.4. The molecule has 28 heavy (non-hydrogen) atoms. The number of unbranched alkanes of at least 4 members (excludes halogenated alkanes) is 1. The third-order valence-corrected chi connectivity index (χ3v) is 3.76. The number of aliphatic carboxylic acids is 2. The van der Waals surface area contributed by atoms with Gasteiger partial charge in [0.2, 0.25) is 17.7 Å². The van der Waals surface area contributed by atoms with Gasteiger partial charge in [-0.1, -0.05) is 0 Å². The number of carboxylic acid groups (broad SMARTS) is 2. The molecule has 0 aromatic heterocycles. The van der Waals surface area contributed by atoms with Gasteiger partial charge in [0.05, 0.1) is 12.6 Å². The lowest BCUT2D eigenvalue weighted by molar-refractivity contribution is -0.142. The maximum atomic E-state index is 12.0. The highest BCUT2D eigenvalue weighted by Crippen LogP contribution is 2.01. The molecule has 0 heterocycles. The van der Waals surface area contributed by atoms with Crippen LogP contribution in [-0.2, 0) is 24.0 Å². The first-order valence-corrected chi connectivity index (χ1v) is 8.86. The van der Waals surface area contributed by atoms with E-state index >= 15 is 0 Å². The van der Waals surface area contributed by atoms with Crippen LogP contribution < -0.4 is 27.4 Å². The van der Waals surface area contributed by atoms with Crippen molar-refractivity contribution in [2.75, 3.05) is 13.1 Å². The average molecular weight is 403 g/mol. The molecule has 0 rings (SSSR count). The van der Waals surface area contributed by atoms with Crippen molar-refractivity contribution in [2.45, 2.75) is 57.2 Å². The van der Waals surface area contributed by atoms with E-state index in [4.69, 9.17) is 21.7 Å². The first-order chi connectivity index (χ1) is 13.1. The minimum Gasteiger partial charge on any atom is -0.481 e. The zero-order valence-corrected chi connectivity index (χ0v) is 15.8. The van der Waals surface area contributed by atoms with Crippen LogP contribution in [0.4, 0.5) is 0 Å². The summed E-state index contributed by atoms with van der Waals surface area (Å²) in [5.41, 5.74) is 10.8. The SMILES string of the molecule is C[C@H](NC(=O)CNC(=O)[C@@H](N)CCC(=O)O)C(=O)N[C@@H](CCCCN)C(=O)O. The monoisotopic (exact) mass is 403 g/mol. The molecular weight excluding hydrogens is 374 g/mol. The summed E-state index contributed by atoms with van der Waals surface area (Å²) >= 11 is 0. The van der Waals surface area contributed by atoms with Gasteiger partial charge >= 0.3 is 11.9 Å². The number of carbonyl (C=O) groups excluding carboxylic acids is 3. The van der Waals surface area contributed by atoms with E-state index in [1.165, 1.54) is 6.92 Å². The van der Waals surface area contributed by atoms with Crippen molar-refractivity contribution >= 4 is 29.7 Å². The molecule has 160 valence electrons. The Hall–Kier alpha value is -2.73. The molecule has 0 aromatic carbocycles. The van der Waals surface area contributed by atoms with Gasteiger partial charge in [-0.3, -0.25) is 19.2 Å². The summed E-state index contributed by atoms with van der Waals surface area (Å²) in [6.07, 6.45) is 1.00. The van der Waals surface area contributed by atoms with Crippen molar-refractivity contribution in [3.63, 3.8) is 0 Å². The van der Waals surface area contributed by atoms with Gasteiger partial charge in [0.1, 0.15) is 12.1 Å². The van der Waals surface area contributed by atoms with Crippen LogP contribution in [0, 0.1) is 0 Å². The minimum absolute atomic E-state index is 0.0810. The van der Waals surface area contributed by atoms with Gasteiger partial charge in [-0.05, 0) is 39.2 Å². The van der Waals surface area contributed by atoms with E-state index in [1.807, 2.05) is 0 Å². The van der Waals surface area contributed by atoms with Crippen LogP contribution in [-0.4, -0.2) is 71.1 Å². The van der Waals surface area contributed by atoms with Crippen molar-refractivity contribution in [2.24, 2.45) is 11.5 Å². The topological polar surface area (TPSA) is 214 Å². The molecule has 0 unspecified atom stereocenters. The van der Waals surface area contributed by atoms with E-state index in [0.29, 0.717) is 19.4 Å². The maximum Gasteiger partial charge on any atom is 0.326 e. The van der Waals surface area contributed by atoms with Gasteiger partial charge < -0.3 is 37.6 Å². The summed E-state index contributed by atoms with van der Waals surface area (Å²) in [7, 11) is 0. The Balaban J connectivity index is 4.36. The zero-order valence-electron chi connectivity index (χ0n) is 15.8. The highest BCUT2D eigenvalue weighted by atomic mass is 16.4. The maximum absolute atomic E-state index is 12.0. The number of amides is 3. The predicted octanol–water partition coefficient (Wildman–Crippen LogP) is -2.50. The zero-order chi connectivity index (χ0) is 21.7.